The summed E-state index contributed by atoms with van der Waals surface area (Å²) < 4.78 is 4.86. The summed E-state index contributed by atoms with van der Waals surface area (Å²) in [5.41, 5.74) is 7.04. The number of pyridine rings is 1. The number of aryl methyl sites for hydroxylation is 1. The summed E-state index contributed by atoms with van der Waals surface area (Å²) >= 11 is 0. The Labute approximate surface area is 74.6 Å². The molecule has 2 N–H and O–H groups in total. The maximum Gasteiger partial charge on any atom is 0.278 e. The molecule has 0 aliphatic heterocycles. The van der Waals surface area contributed by atoms with Crippen LogP contribution in [0.5, 0.6) is 0 Å². The average Bonchev–Trinajstić information content (AvgIpc) is 2.52. The van der Waals surface area contributed by atoms with Crippen LogP contribution >= 0.6 is 0 Å². The summed E-state index contributed by atoms with van der Waals surface area (Å²) in [5.74, 6) is 0.472. The maximum absolute atomic E-state index is 5.31. The van der Waals surface area contributed by atoms with Gasteiger partial charge < -0.3 is 10.3 Å². The topological polar surface area (TPSA) is 77.8 Å². The quantitative estimate of drug-likeness (QED) is 0.701. The molecule has 0 spiro atoms. The van der Waals surface area contributed by atoms with Crippen LogP contribution in [0.25, 0.3) is 11.6 Å². The van der Waals surface area contributed by atoms with Crippen LogP contribution in [0.3, 0.4) is 0 Å². The Morgan fingerprint density at radius 2 is 2.31 bits per heavy atom. The van der Waals surface area contributed by atoms with E-state index in [1.54, 1.807) is 6.20 Å². The zero-order valence-corrected chi connectivity index (χ0v) is 7.06. The molecule has 0 saturated heterocycles. The Balaban J connectivity index is 2.46. The number of nitrogen functional groups attached to an aromatic ring is 1. The van der Waals surface area contributed by atoms with Crippen molar-refractivity contribution in [1.29, 1.82) is 0 Å². The van der Waals surface area contributed by atoms with E-state index in [1.807, 2.05) is 19.1 Å². The molecule has 0 aromatic carbocycles. The molecule has 2 aromatic heterocycles. The van der Waals surface area contributed by atoms with E-state index in [-0.39, 0.29) is 5.95 Å². The van der Waals surface area contributed by atoms with Crippen molar-refractivity contribution in [1.82, 2.24) is 15.1 Å². The fourth-order valence-electron chi connectivity index (χ4n) is 0.992. The summed E-state index contributed by atoms with van der Waals surface area (Å²) in [6.45, 7) is 1.96. The largest absolute Gasteiger partial charge is 0.365 e. The normalized spacial score (nSPS) is 10.2. The van der Waals surface area contributed by atoms with E-state index >= 15 is 0 Å². The van der Waals surface area contributed by atoms with Crippen molar-refractivity contribution < 1.29 is 4.52 Å². The molecule has 0 radical (unpaired) electrons. The van der Waals surface area contributed by atoms with Crippen molar-refractivity contribution in [2.24, 2.45) is 0 Å². The predicted octanol–water partition coefficient (Wildman–Crippen LogP) is 1.02. The molecule has 5 heteroatoms. The fourth-order valence-corrected chi connectivity index (χ4v) is 0.992. The zero-order valence-electron chi connectivity index (χ0n) is 7.06. The van der Waals surface area contributed by atoms with Gasteiger partial charge in [-0.15, -0.1) is 0 Å². The summed E-state index contributed by atoms with van der Waals surface area (Å²) in [7, 11) is 0. The molecule has 0 amide bonds. The lowest BCUT2D eigenvalue weighted by atomic mass is 10.2. The van der Waals surface area contributed by atoms with Gasteiger partial charge in [-0.1, -0.05) is 0 Å². The molecular weight excluding hydrogens is 168 g/mol. The van der Waals surface area contributed by atoms with Crippen molar-refractivity contribution in [3.05, 3.63) is 23.9 Å². The molecule has 5 nitrogen and oxygen atoms in total. The molecular formula is C8H8N4O. The van der Waals surface area contributed by atoms with E-state index in [0.717, 1.165) is 5.56 Å². The first-order chi connectivity index (χ1) is 6.25. The zero-order chi connectivity index (χ0) is 9.26. The number of hydrogen-bond acceptors (Lipinski definition) is 5. The Kier molecular flexibility index (Phi) is 1.70. The molecule has 2 rings (SSSR count). The van der Waals surface area contributed by atoms with Gasteiger partial charge in [-0.3, -0.25) is 4.98 Å². The van der Waals surface area contributed by atoms with Crippen LogP contribution in [0, 0.1) is 6.92 Å². The minimum atomic E-state index is 0.123. The molecule has 0 fully saturated rings. The lowest BCUT2D eigenvalue weighted by Crippen LogP contribution is -1.87. The highest BCUT2D eigenvalue weighted by Crippen LogP contribution is 2.15. The molecule has 0 unspecified atom stereocenters. The van der Waals surface area contributed by atoms with Crippen LogP contribution in [0.4, 0.5) is 5.95 Å². The number of hydrogen-bond donors (Lipinski definition) is 1. The third kappa shape index (κ3) is 1.48. The summed E-state index contributed by atoms with van der Waals surface area (Å²) in [5, 5.41) is 3.47. The molecule has 66 valence electrons. The third-order valence-electron chi connectivity index (χ3n) is 1.58. The van der Waals surface area contributed by atoms with Crippen LogP contribution < -0.4 is 5.73 Å². The van der Waals surface area contributed by atoms with Gasteiger partial charge in [-0.25, -0.2) is 0 Å². The van der Waals surface area contributed by atoms with E-state index in [1.165, 1.54) is 0 Å². The molecule has 2 aromatic rings. The Morgan fingerprint density at radius 3 is 2.92 bits per heavy atom. The second kappa shape index (κ2) is 2.85. The molecule has 0 atom stereocenters. The van der Waals surface area contributed by atoms with Gasteiger partial charge in [0, 0.05) is 6.20 Å². The number of nitrogens with zero attached hydrogens (tertiary/aromatic N) is 3. The first kappa shape index (κ1) is 7.72. The fraction of sp³-hybridized carbons (Fsp3) is 0.125. The molecule has 0 saturated carbocycles. The SMILES string of the molecule is Cc1ccnc(-c2nc(N)no2)c1. The van der Waals surface area contributed by atoms with Crippen LogP contribution in [0.2, 0.25) is 0 Å². The molecule has 0 aliphatic carbocycles. The minimum Gasteiger partial charge on any atom is -0.365 e. The van der Waals surface area contributed by atoms with Gasteiger partial charge >= 0.3 is 0 Å². The van der Waals surface area contributed by atoms with Crippen molar-refractivity contribution in [2.45, 2.75) is 6.92 Å². The van der Waals surface area contributed by atoms with E-state index in [0.29, 0.717) is 11.6 Å². The highest BCUT2D eigenvalue weighted by atomic mass is 16.5. The molecule has 0 bridgehead atoms. The van der Waals surface area contributed by atoms with Crippen molar-refractivity contribution in [3.8, 4) is 11.6 Å². The number of nitrogens with two attached hydrogens (primary N) is 1. The number of aromatic nitrogens is 3. The predicted molar refractivity (Wildman–Crippen MR) is 46.7 cm³/mol. The van der Waals surface area contributed by atoms with Crippen LogP contribution in [-0.4, -0.2) is 15.1 Å². The van der Waals surface area contributed by atoms with Gasteiger partial charge in [0.1, 0.15) is 5.69 Å². The third-order valence-corrected chi connectivity index (χ3v) is 1.58. The minimum absolute atomic E-state index is 0.123. The second-order valence-electron chi connectivity index (χ2n) is 2.68. The Bertz CT molecular complexity index is 424. The average molecular weight is 176 g/mol. The van der Waals surface area contributed by atoms with Crippen LogP contribution in [0.1, 0.15) is 5.56 Å². The first-order valence-electron chi connectivity index (χ1n) is 3.78. The standard InChI is InChI=1S/C8H8N4O/c1-5-2-3-10-6(4-5)7-11-8(9)12-13-7/h2-4H,1H3,(H2,9,12). The van der Waals surface area contributed by atoms with Gasteiger partial charge in [0.25, 0.3) is 11.8 Å². The molecule has 13 heavy (non-hydrogen) atoms. The Morgan fingerprint density at radius 1 is 1.46 bits per heavy atom. The summed E-state index contributed by atoms with van der Waals surface area (Å²) in [6.07, 6.45) is 1.69. The van der Waals surface area contributed by atoms with Crippen molar-refractivity contribution in [3.63, 3.8) is 0 Å². The van der Waals surface area contributed by atoms with Gasteiger partial charge in [-0.05, 0) is 29.8 Å². The van der Waals surface area contributed by atoms with E-state index in [9.17, 15) is 0 Å². The first-order valence-corrected chi connectivity index (χ1v) is 3.78. The van der Waals surface area contributed by atoms with Crippen LogP contribution in [0.15, 0.2) is 22.9 Å². The lowest BCUT2D eigenvalue weighted by Gasteiger charge is -1.93. The summed E-state index contributed by atoms with van der Waals surface area (Å²) in [6, 6.07) is 3.75. The van der Waals surface area contributed by atoms with Gasteiger partial charge in [-0.2, -0.15) is 4.98 Å². The van der Waals surface area contributed by atoms with Crippen LogP contribution in [-0.2, 0) is 0 Å². The lowest BCUT2D eigenvalue weighted by molar-refractivity contribution is 0.431. The van der Waals surface area contributed by atoms with E-state index in [4.69, 9.17) is 10.3 Å². The van der Waals surface area contributed by atoms with E-state index in [2.05, 4.69) is 15.1 Å². The monoisotopic (exact) mass is 176 g/mol. The molecule has 0 aliphatic rings. The number of anilines is 1. The summed E-state index contributed by atoms with van der Waals surface area (Å²) in [4.78, 5) is 7.93. The van der Waals surface area contributed by atoms with Gasteiger partial charge in [0.05, 0.1) is 0 Å². The highest BCUT2D eigenvalue weighted by molar-refractivity contribution is 5.48. The second-order valence-corrected chi connectivity index (χ2v) is 2.68. The van der Waals surface area contributed by atoms with Gasteiger partial charge in [0.15, 0.2) is 0 Å². The maximum atomic E-state index is 5.31. The Hall–Kier alpha value is -1.91. The van der Waals surface area contributed by atoms with Crippen molar-refractivity contribution >= 4 is 5.95 Å². The van der Waals surface area contributed by atoms with Crippen molar-refractivity contribution in [2.75, 3.05) is 5.73 Å². The van der Waals surface area contributed by atoms with E-state index < -0.39 is 0 Å². The molecule has 2 heterocycles. The van der Waals surface area contributed by atoms with Gasteiger partial charge in [0.2, 0.25) is 0 Å². The smallest absolute Gasteiger partial charge is 0.278 e. The highest BCUT2D eigenvalue weighted by Gasteiger charge is 2.06. The number of rotatable bonds is 1.